The molecule has 2 heterocycles. The molecule has 3 nitrogen and oxygen atoms in total. The van der Waals surface area contributed by atoms with E-state index in [-0.39, 0.29) is 10.9 Å². The van der Waals surface area contributed by atoms with Gasteiger partial charge in [-0.3, -0.25) is 4.79 Å². The second kappa shape index (κ2) is 5.87. The Morgan fingerprint density at radius 2 is 1.83 bits per heavy atom. The quantitative estimate of drug-likeness (QED) is 0.902. The monoisotopic (exact) mass is 344 g/mol. The van der Waals surface area contributed by atoms with Gasteiger partial charge in [-0.25, -0.2) is 4.39 Å². The van der Waals surface area contributed by atoms with Crippen molar-refractivity contribution in [1.29, 1.82) is 0 Å². The van der Waals surface area contributed by atoms with Crippen LogP contribution in [0.2, 0.25) is 5.02 Å². The molecule has 2 aliphatic rings. The fraction of sp³-hybridized carbons (Fsp3) is 0.316. The van der Waals surface area contributed by atoms with Crippen LogP contribution in [0, 0.1) is 5.82 Å². The molecule has 2 aromatic carbocycles. The SMILES string of the molecule is O=C1N(Cc2ccccc2)c2ccc(F)c(Cl)c2C12CCNCC2. The molecule has 0 aromatic heterocycles. The van der Waals surface area contributed by atoms with Crippen molar-refractivity contribution in [2.45, 2.75) is 24.8 Å². The Hall–Kier alpha value is -1.91. The van der Waals surface area contributed by atoms with E-state index >= 15 is 0 Å². The molecule has 0 aliphatic carbocycles. The average molecular weight is 345 g/mol. The second-order valence-corrected chi connectivity index (χ2v) is 6.84. The van der Waals surface area contributed by atoms with E-state index in [0.717, 1.165) is 24.3 Å². The molecule has 1 saturated heterocycles. The van der Waals surface area contributed by atoms with Crippen LogP contribution in [0.25, 0.3) is 0 Å². The molecule has 1 spiro atoms. The fourth-order valence-corrected chi connectivity index (χ4v) is 4.28. The Balaban J connectivity index is 1.83. The van der Waals surface area contributed by atoms with Crippen molar-refractivity contribution in [2.75, 3.05) is 18.0 Å². The molecule has 0 bridgehead atoms. The highest BCUT2D eigenvalue weighted by Gasteiger charge is 2.52. The lowest BCUT2D eigenvalue weighted by Gasteiger charge is -2.33. The Kier molecular flexibility index (Phi) is 3.82. The third-order valence-corrected chi connectivity index (χ3v) is 5.51. The summed E-state index contributed by atoms with van der Waals surface area (Å²) in [6.07, 6.45) is 1.29. The van der Waals surface area contributed by atoms with Crippen LogP contribution in [0.5, 0.6) is 0 Å². The number of nitrogens with zero attached hydrogens (tertiary/aromatic N) is 1. The maximum atomic E-state index is 14.1. The van der Waals surface area contributed by atoms with Crippen LogP contribution in [0.4, 0.5) is 10.1 Å². The van der Waals surface area contributed by atoms with E-state index in [1.807, 2.05) is 30.3 Å². The van der Waals surface area contributed by atoms with E-state index in [1.165, 1.54) is 6.07 Å². The van der Waals surface area contributed by atoms with Gasteiger partial charge in [0.2, 0.25) is 5.91 Å². The van der Waals surface area contributed by atoms with Gasteiger partial charge in [-0.15, -0.1) is 0 Å². The number of fused-ring (bicyclic) bond motifs is 2. The van der Waals surface area contributed by atoms with E-state index in [0.29, 0.717) is 24.9 Å². The predicted octanol–water partition coefficient (Wildman–Crippen LogP) is 3.65. The molecular weight excluding hydrogens is 327 g/mol. The van der Waals surface area contributed by atoms with Crippen molar-refractivity contribution >= 4 is 23.2 Å². The number of nitrogens with one attached hydrogen (secondary N) is 1. The first kappa shape index (κ1) is 15.6. The van der Waals surface area contributed by atoms with Crippen LogP contribution >= 0.6 is 11.6 Å². The van der Waals surface area contributed by atoms with Crippen LogP contribution in [0.15, 0.2) is 42.5 Å². The van der Waals surface area contributed by atoms with E-state index in [9.17, 15) is 9.18 Å². The number of rotatable bonds is 2. The zero-order chi connectivity index (χ0) is 16.7. The topological polar surface area (TPSA) is 32.3 Å². The number of carbonyl (C=O) groups is 1. The fourth-order valence-electron chi connectivity index (χ4n) is 3.94. The Morgan fingerprint density at radius 3 is 2.54 bits per heavy atom. The molecule has 24 heavy (non-hydrogen) atoms. The summed E-state index contributed by atoms with van der Waals surface area (Å²) in [5.41, 5.74) is 1.76. The van der Waals surface area contributed by atoms with E-state index in [4.69, 9.17) is 11.6 Å². The number of benzene rings is 2. The van der Waals surface area contributed by atoms with Crippen molar-refractivity contribution in [3.63, 3.8) is 0 Å². The van der Waals surface area contributed by atoms with Crippen molar-refractivity contribution in [3.8, 4) is 0 Å². The number of carbonyl (C=O) groups excluding carboxylic acids is 1. The van der Waals surface area contributed by atoms with Gasteiger partial charge in [0.05, 0.1) is 22.7 Å². The van der Waals surface area contributed by atoms with Gasteiger partial charge in [0.1, 0.15) is 5.82 Å². The van der Waals surface area contributed by atoms with Gasteiger partial charge in [-0.1, -0.05) is 41.9 Å². The minimum Gasteiger partial charge on any atom is -0.317 e. The van der Waals surface area contributed by atoms with E-state index in [2.05, 4.69) is 5.32 Å². The molecule has 0 saturated carbocycles. The second-order valence-electron chi connectivity index (χ2n) is 6.46. The molecule has 0 atom stereocenters. The summed E-state index contributed by atoms with van der Waals surface area (Å²) >= 11 is 6.32. The van der Waals surface area contributed by atoms with E-state index in [1.54, 1.807) is 11.0 Å². The third-order valence-electron chi connectivity index (χ3n) is 5.14. The summed E-state index contributed by atoms with van der Waals surface area (Å²) in [5, 5.41) is 3.37. The van der Waals surface area contributed by atoms with Gasteiger partial charge in [0.25, 0.3) is 0 Å². The highest BCUT2D eigenvalue weighted by molar-refractivity contribution is 6.33. The lowest BCUT2D eigenvalue weighted by atomic mass is 9.74. The zero-order valence-electron chi connectivity index (χ0n) is 13.2. The highest BCUT2D eigenvalue weighted by atomic mass is 35.5. The zero-order valence-corrected chi connectivity index (χ0v) is 13.9. The maximum Gasteiger partial charge on any atom is 0.238 e. The van der Waals surface area contributed by atoms with Crippen LogP contribution in [-0.4, -0.2) is 19.0 Å². The first-order chi connectivity index (χ1) is 11.6. The highest BCUT2D eigenvalue weighted by Crippen LogP contribution is 2.51. The normalized spacial score (nSPS) is 18.9. The summed E-state index contributed by atoms with van der Waals surface area (Å²) in [6.45, 7) is 1.94. The molecular formula is C19H18ClFN2O. The van der Waals surface area contributed by atoms with Gasteiger partial charge < -0.3 is 10.2 Å². The lowest BCUT2D eigenvalue weighted by Crippen LogP contribution is -2.47. The summed E-state index contributed by atoms with van der Waals surface area (Å²) in [7, 11) is 0. The van der Waals surface area contributed by atoms with Gasteiger partial charge in [0.15, 0.2) is 0 Å². The molecule has 1 amide bonds. The smallest absolute Gasteiger partial charge is 0.238 e. The third kappa shape index (κ3) is 2.25. The number of anilines is 1. The Labute approximate surface area is 145 Å². The minimum atomic E-state index is -0.700. The van der Waals surface area contributed by atoms with Gasteiger partial charge >= 0.3 is 0 Å². The number of piperidine rings is 1. The average Bonchev–Trinajstić information content (AvgIpc) is 2.83. The van der Waals surface area contributed by atoms with Gasteiger partial charge in [0, 0.05) is 5.56 Å². The number of halogens is 2. The van der Waals surface area contributed by atoms with Crippen molar-refractivity contribution in [2.24, 2.45) is 0 Å². The summed E-state index contributed by atoms with van der Waals surface area (Å²) < 4.78 is 14.1. The Bertz CT molecular complexity index is 787. The molecule has 0 radical (unpaired) electrons. The van der Waals surface area contributed by atoms with Crippen LogP contribution < -0.4 is 10.2 Å². The van der Waals surface area contributed by atoms with Crippen molar-refractivity contribution < 1.29 is 9.18 Å². The number of hydrogen-bond donors (Lipinski definition) is 1. The molecule has 4 rings (SSSR count). The maximum absolute atomic E-state index is 14.1. The van der Waals surface area contributed by atoms with Crippen molar-refractivity contribution in [3.05, 3.63) is 64.4 Å². The van der Waals surface area contributed by atoms with Crippen LogP contribution in [0.1, 0.15) is 24.0 Å². The molecule has 2 aromatic rings. The predicted molar refractivity (Wildman–Crippen MR) is 92.8 cm³/mol. The molecule has 124 valence electrons. The van der Waals surface area contributed by atoms with Crippen molar-refractivity contribution in [1.82, 2.24) is 5.32 Å². The summed E-state index contributed by atoms with van der Waals surface area (Å²) in [6, 6.07) is 12.9. The molecule has 1 fully saturated rings. The van der Waals surface area contributed by atoms with Gasteiger partial charge in [-0.05, 0) is 43.6 Å². The molecule has 2 aliphatic heterocycles. The minimum absolute atomic E-state index is 0.0374. The largest absolute Gasteiger partial charge is 0.317 e. The molecule has 5 heteroatoms. The first-order valence-corrected chi connectivity index (χ1v) is 8.56. The summed E-state index contributed by atoms with van der Waals surface area (Å²) in [5.74, 6) is -0.418. The van der Waals surface area contributed by atoms with Crippen LogP contribution in [-0.2, 0) is 16.8 Å². The molecule has 0 unspecified atom stereocenters. The Morgan fingerprint density at radius 1 is 1.12 bits per heavy atom. The standard InChI is InChI=1S/C19H18ClFN2O/c20-17-14(21)6-7-15-16(17)19(8-10-22-11-9-19)18(24)23(15)12-13-4-2-1-3-5-13/h1-7,22H,8-12H2. The number of hydrogen-bond acceptors (Lipinski definition) is 2. The van der Waals surface area contributed by atoms with Crippen LogP contribution in [0.3, 0.4) is 0 Å². The first-order valence-electron chi connectivity index (χ1n) is 8.18. The molecule has 1 N–H and O–H groups in total. The lowest BCUT2D eigenvalue weighted by molar-refractivity contribution is -0.124. The van der Waals surface area contributed by atoms with Gasteiger partial charge in [-0.2, -0.15) is 0 Å². The summed E-state index contributed by atoms with van der Waals surface area (Å²) in [4.78, 5) is 15.1. The number of amides is 1. The van der Waals surface area contributed by atoms with E-state index < -0.39 is 11.2 Å².